The zero-order chi connectivity index (χ0) is 27.1. The van der Waals surface area contributed by atoms with Crippen LogP contribution in [-0.2, 0) is 6.42 Å². The number of aromatic nitrogens is 2. The molecule has 1 saturated heterocycles. The van der Waals surface area contributed by atoms with E-state index in [1.165, 1.54) is 44.7 Å². The molecule has 1 aromatic heterocycles. The van der Waals surface area contributed by atoms with Gasteiger partial charge in [-0.15, -0.1) is 0 Å². The Morgan fingerprint density at radius 1 is 0.923 bits per heavy atom. The molecule has 0 N–H and O–H groups in total. The van der Waals surface area contributed by atoms with E-state index >= 15 is 0 Å². The van der Waals surface area contributed by atoms with E-state index in [9.17, 15) is 0 Å². The molecule has 3 heterocycles. The maximum Gasteiger partial charge on any atom is 0.139 e. The second-order valence-corrected chi connectivity index (χ2v) is 11.4. The van der Waals surface area contributed by atoms with Crippen LogP contribution in [0.5, 0.6) is 5.75 Å². The van der Waals surface area contributed by atoms with E-state index in [1.807, 2.05) is 0 Å². The minimum atomic E-state index is 0.139. The highest BCUT2D eigenvalue weighted by Gasteiger charge is 2.40. The summed E-state index contributed by atoms with van der Waals surface area (Å²) in [6, 6.07) is 15.3. The predicted molar refractivity (Wildman–Crippen MR) is 161 cm³/mol. The van der Waals surface area contributed by atoms with Crippen molar-refractivity contribution in [2.45, 2.75) is 59.8 Å². The first-order chi connectivity index (χ1) is 18.9. The molecule has 5 heteroatoms. The predicted octanol–water partition coefficient (Wildman–Crippen LogP) is 7.47. The van der Waals surface area contributed by atoms with Crippen LogP contribution in [-0.4, -0.2) is 35.9 Å². The van der Waals surface area contributed by atoms with Crippen LogP contribution in [0.1, 0.15) is 73.0 Å². The maximum absolute atomic E-state index is 5.48. The van der Waals surface area contributed by atoms with Crippen molar-refractivity contribution in [1.29, 1.82) is 0 Å². The molecule has 0 radical (unpaired) electrons. The number of aryl methyl sites for hydroxylation is 2. The normalized spacial score (nSPS) is 18.2. The molecule has 3 aromatic rings. The Balaban J connectivity index is 1.19. The summed E-state index contributed by atoms with van der Waals surface area (Å²) < 4.78 is 5.48. The van der Waals surface area contributed by atoms with Gasteiger partial charge in [0.2, 0.25) is 0 Å². The fourth-order valence-electron chi connectivity index (χ4n) is 6.60. The Morgan fingerprint density at radius 2 is 1.67 bits per heavy atom. The van der Waals surface area contributed by atoms with Gasteiger partial charge in [-0.3, -0.25) is 4.99 Å². The third-order valence-corrected chi connectivity index (χ3v) is 9.18. The summed E-state index contributed by atoms with van der Waals surface area (Å²) in [7, 11) is 1.73. The zero-order valence-electron chi connectivity index (χ0n) is 23.8. The number of methoxy groups -OCH3 is 1. The number of rotatable bonds is 6. The van der Waals surface area contributed by atoms with Gasteiger partial charge >= 0.3 is 0 Å². The molecule has 2 aliphatic heterocycles. The summed E-state index contributed by atoms with van der Waals surface area (Å²) in [6.45, 7) is 10.7. The summed E-state index contributed by atoms with van der Waals surface area (Å²) in [5.74, 6) is 2.02. The van der Waals surface area contributed by atoms with Crippen LogP contribution in [0.15, 0.2) is 59.5 Å². The van der Waals surface area contributed by atoms with Crippen molar-refractivity contribution in [2.75, 3.05) is 25.1 Å². The summed E-state index contributed by atoms with van der Waals surface area (Å²) in [6.07, 6.45) is 9.18. The van der Waals surface area contributed by atoms with Crippen molar-refractivity contribution >= 4 is 28.8 Å². The van der Waals surface area contributed by atoms with Crippen molar-refractivity contribution < 1.29 is 4.74 Å². The van der Waals surface area contributed by atoms with Crippen LogP contribution in [0.2, 0.25) is 0 Å². The summed E-state index contributed by atoms with van der Waals surface area (Å²) >= 11 is 0. The average Bonchev–Trinajstić information content (AvgIpc) is 3.57. The molecule has 0 amide bonds. The highest BCUT2D eigenvalue weighted by molar-refractivity contribution is 6.03. The highest BCUT2D eigenvalue weighted by Crippen LogP contribution is 2.45. The van der Waals surface area contributed by atoms with Gasteiger partial charge in [-0.05, 0) is 86.1 Å². The van der Waals surface area contributed by atoms with Crippen molar-refractivity contribution in [2.24, 2.45) is 10.4 Å². The van der Waals surface area contributed by atoms with E-state index in [-0.39, 0.29) is 5.41 Å². The summed E-state index contributed by atoms with van der Waals surface area (Å²) in [4.78, 5) is 17.1. The minimum absolute atomic E-state index is 0.139. The van der Waals surface area contributed by atoms with Crippen molar-refractivity contribution in [1.82, 2.24) is 9.97 Å². The van der Waals surface area contributed by atoms with E-state index < -0.39 is 0 Å². The van der Waals surface area contributed by atoms with E-state index in [0.717, 1.165) is 68.2 Å². The number of piperidine rings is 1. The van der Waals surface area contributed by atoms with Gasteiger partial charge in [-0.2, -0.15) is 0 Å². The van der Waals surface area contributed by atoms with Gasteiger partial charge in [0, 0.05) is 48.3 Å². The zero-order valence-corrected chi connectivity index (χ0v) is 23.8. The average molecular weight is 519 g/mol. The van der Waals surface area contributed by atoms with E-state index in [4.69, 9.17) is 14.7 Å². The molecule has 0 bridgehead atoms. The van der Waals surface area contributed by atoms with Crippen LogP contribution in [0.3, 0.4) is 0 Å². The van der Waals surface area contributed by atoms with Crippen LogP contribution >= 0.6 is 0 Å². The van der Waals surface area contributed by atoms with E-state index in [1.54, 1.807) is 13.4 Å². The lowest BCUT2D eigenvalue weighted by Crippen LogP contribution is -2.44. The van der Waals surface area contributed by atoms with Crippen molar-refractivity contribution in [3.05, 3.63) is 88.0 Å². The molecule has 3 aliphatic rings. The van der Waals surface area contributed by atoms with Gasteiger partial charge in [-0.1, -0.05) is 42.8 Å². The monoisotopic (exact) mass is 518 g/mol. The van der Waals surface area contributed by atoms with E-state index in [2.05, 4.69) is 86.1 Å². The summed E-state index contributed by atoms with van der Waals surface area (Å²) in [5.41, 5.74) is 12.7. The molecule has 1 fully saturated rings. The molecule has 2 aromatic carbocycles. The smallest absolute Gasteiger partial charge is 0.139 e. The Morgan fingerprint density at radius 3 is 2.36 bits per heavy atom. The van der Waals surface area contributed by atoms with Crippen molar-refractivity contribution in [3.8, 4) is 5.75 Å². The van der Waals surface area contributed by atoms with Gasteiger partial charge in [0.25, 0.3) is 0 Å². The SMILES string of the molecule is CCC1(C2=NC(C)=C(c3ccc(OC)c(C)c3)C2)CCN(c2ncnc3c2C=C(c2ccc(C)cc2)C3)CC1. The number of allylic oxidation sites excluding steroid dienone is 3. The highest BCUT2D eigenvalue weighted by atomic mass is 16.5. The second kappa shape index (κ2) is 10.1. The van der Waals surface area contributed by atoms with Crippen LogP contribution in [0, 0.1) is 19.3 Å². The lowest BCUT2D eigenvalue weighted by molar-refractivity contribution is 0.308. The number of nitrogens with zero attached hydrogens (tertiary/aromatic N) is 4. The molecule has 6 rings (SSSR count). The largest absolute Gasteiger partial charge is 0.496 e. The molecule has 0 atom stereocenters. The standard InChI is InChI=1S/C34H38N4O/c1-6-34(32-20-28(24(4)37-32)26-11-12-31(39-5)23(3)17-26)13-15-38(16-14-34)33-29-18-27(19-30(29)35-21-36-33)25-9-7-22(2)8-10-25/h7-12,17-18,21H,6,13-16,19-20H2,1-5H3. The Kier molecular flexibility index (Phi) is 6.62. The van der Waals surface area contributed by atoms with Crippen molar-refractivity contribution in [3.63, 3.8) is 0 Å². The lowest BCUT2D eigenvalue weighted by Gasteiger charge is -2.42. The molecular weight excluding hydrogens is 480 g/mol. The first-order valence-electron chi connectivity index (χ1n) is 14.2. The first-order valence-corrected chi connectivity index (χ1v) is 14.2. The number of aliphatic imine (C=N–C) groups is 1. The first kappa shape index (κ1) is 25.5. The second-order valence-electron chi connectivity index (χ2n) is 11.4. The lowest BCUT2D eigenvalue weighted by atomic mass is 9.71. The third kappa shape index (κ3) is 4.58. The number of ether oxygens (including phenoxy) is 1. The van der Waals surface area contributed by atoms with Gasteiger partial charge in [-0.25, -0.2) is 9.97 Å². The van der Waals surface area contributed by atoms with Crippen LogP contribution in [0.25, 0.3) is 17.2 Å². The van der Waals surface area contributed by atoms with E-state index in [0.29, 0.717) is 0 Å². The van der Waals surface area contributed by atoms with Gasteiger partial charge in [0.15, 0.2) is 0 Å². The molecule has 1 aliphatic carbocycles. The number of hydrogen-bond acceptors (Lipinski definition) is 5. The molecular formula is C34H38N4O. The molecule has 0 saturated carbocycles. The van der Waals surface area contributed by atoms with Gasteiger partial charge in [0.05, 0.1) is 12.8 Å². The molecule has 0 unspecified atom stereocenters. The topological polar surface area (TPSA) is 50.6 Å². The van der Waals surface area contributed by atoms with Gasteiger partial charge in [0.1, 0.15) is 17.9 Å². The van der Waals surface area contributed by atoms with Gasteiger partial charge < -0.3 is 9.64 Å². The Hall–Kier alpha value is -3.73. The number of fused-ring (bicyclic) bond motifs is 1. The minimum Gasteiger partial charge on any atom is -0.496 e. The fourth-order valence-corrected chi connectivity index (χ4v) is 6.60. The fraction of sp³-hybridized carbons (Fsp3) is 0.382. The quantitative estimate of drug-likeness (QED) is 0.340. The Labute approximate surface area is 232 Å². The molecule has 200 valence electrons. The number of anilines is 1. The summed E-state index contributed by atoms with van der Waals surface area (Å²) in [5, 5.41) is 0. The molecule has 39 heavy (non-hydrogen) atoms. The maximum atomic E-state index is 5.48. The number of hydrogen-bond donors (Lipinski definition) is 0. The Bertz CT molecular complexity index is 1500. The molecule has 0 spiro atoms. The number of benzene rings is 2. The van der Waals surface area contributed by atoms with Crippen LogP contribution < -0.4 is 9.64 Å². The third-order valence-electron chi connectivity index (χ3n) is 9.18. The molecule has 5 nitrogen and oxygen atoms in total. The van der Waals surface area contributed by atoms with Crippen LogP contribution in [0.4, 0.5) is 5.82 Å².